The third kappa shape index (κ3) is 2.97. The van der Waals surface area contributed by atoms with Crippen LogP contribution in [-0.2, 0) is 7.05 Å². The Balaban J connectivity index is 2.05. The van der Waals surface area contributed by atoms with Crippen LogP contribution in [0.15, 0.2) is 30.5 Å². The molecular formula is C17H16F2N4O. The van der Waals surface area contributed by atoms with E-state index in [0.29, 0.717) is 22.2 Å². The molecule has 0 saturated carbocycles. The molecule has 0 aliphatic heterocycles. The standard InChI is InChI=1S/C17H16F2N4O/c1-9-4-5-13-11(6-9)12(7-10(2)20-13)17(24)21-14-8-23(3)22-15(14)16(18)19/h4-8,16H,1-3H3,(H,21,24). The van der Waals surface area contributed by atoms with Crippen LogP contribution in [0.25, 0.3) is 10.9 Å². The lowest BCUT2D eigenvalue weighted by Crippen LogP contribution is -2.14. The van der Waals surface area contributed by atoms with Crippen LogP contribution in [0.4, 0.5) is 14.5 Å². The zero-order valence-electron chi connectivity index (χ0n) is 13.5. The first-order chi connectivity index (χ1) is 11.3. The predicted octanol–water partition coefficient (Wildman–Crippen LogP) is 3.78. The number of alkyl halides is 2. The van der Waals surface area contributed by atoms with E-state index in [1.54, 1.807) is 13.0 Å². The van der Waals surface area contributed by atoms with Crippen molar-refractivity contribution in [2.75, 3.05) is 5.32 Å². The maximum Gasteiger partial charge on any atom is 0.284 e. The number of carbonyl (C=O) groups excluding carboxylic acids is 1. The highest BCUT2D eigenvalue weighted by molar-refractivity contribution is 6.12. The normalized spacial score (nSPS) is 11.2. The average Bonchev–Trinajstić information content (AvgIpc) is 2.87. The number of nitrogens with zero attached hydrogens (tertiary/aromatic N) is 3. The van der Waals surface area contributed by atoms with Gasteiger partial charge in [-0.3, -0.25) is 14.5 Å². The summed E-state index contributed by atoms with van der Waals surface area (Å²) >= 11 is 0. The number of benzene rings is 1. The second-order valence-electron chi connectivity index (χ2n) is 5.69. The van der Waals surface area contributed by atoms with Gasteiger partial charge in [-0.2, -0.15) is 5.10 Å². The van der Waals surface area contributed by atoms with Gasteiger partial charge in [0.05, 0.1) is 16.8 Å². The minimum atomic E-state index is -2.76. The summed E-state index contributed by atoms with van der Waals surface area (Å²) in [4.78, 5) is 17.1. The summed E-state index contributed by atoms with van der Waals surface area (Å²) in [5, 5.41) is 6.91. The number of aryl methyl sites for hydroxylation is 3. The van der Waals surface area contributed by atoms with Gasteiger partial charge in [0, 0.05) is 24.3 Å². The lowest BCUT2D eigenvalue weighted by molar-refractivity contribution is 0.102. The molecular weight excluding hydrogens is 314 g/mol. The van der Waals surface area contributed by atoms with Crippen molar-refractivity contribution >= 4 is 22.5 Å². The van der Waals surface area contributed by atoms with E-state index in [4.69, 9.17) is 0 Å². The Labute approximate surface area is 137 Å². The molecule has 0 aliphatic rings. The summed E-state index contributed by atoms with van der Waals surface area (Å²) in [6, 6.07) is 7.25. The van der Waals surface area contributed by atoms with E-state index in [-0.39, 0.29) is 5.69 Å². The van der Waals surface area contributed by atoms with Crippen molar-refractivity contribution in [2.45, 2.75) is 20.3 Å². The Kier molecular flexibility index (Phi) is 4.01. The highest BCUT2D eigenvalue weighted by atomic mass is 19.3. The molecule has 3 rings (SSSR count). The van der Waals surface area contributed by atoms with Crippen LogP contribution in [0.5, 0.6) is 0 Å². The van der Waals surface area contributed by atoms with Crippen molar-refractivity contribution in [3.05, 3.63) is 53.0 Å². The van der Waals surface area contributed by atoms with Gasteiger partial charge in [-0.15, -0.1) is 0 Å². The zero-order chi connectivity index (χ0) is 17.4. The summed E-state index contributed by atoms with van der Waals surface area (Å²) in [6.45, 7) is 3.70. The van der Waals surface area contributed by atoms with Gasteiger partial charge in [0.1, 0.15) is 0 Å². The second-order valence-corrected chi connectivity index (χ2v) is 5.69. The molecule has 0 unspecified atom stereocenters. The van der Waals surface area contributed by atoms with Crippen LogP contribution in [0.3, 0.4) is 0 Å². The molecule has 2 heterocycles. The number of aromatic nitrogens is 3. The molecule has 0 atom stereocenters. The number of amides is 1. The minimum absolute atomic E-state index is 0.00719. The Bertz CT molecular complexity index is 934. The number of hydrogen-bond donors (Lipinski definition) is 1. The highest BCUT2D eigenvalue weighted by Gasteiger charge is 2.21. The molecule has 1 N–H and O–H groups in total. The SMILES string of the molecule is Cc1ccc2nc(C)cc(C(=O)Nc3cn(C)nc3C(F)F)c2c1. The fourth-order valence-electron chi connectivity index (χ4n) is 2.61. The Morgan fingerprint density at radius 1 is 1.25 bits per heavy atom. The van der Waals surface area contributed by atoms with Crippen molar-refractivity contribution < 1.29 is 13.6 Å². The smallest absolute Gasteiger partial charge is 0.284 e. The van der Waals surface area contributed by atoms with Gasteiger partial charge in [0.2, 0.25) is 0 Å². The number of fused-ring (bicyclic) bond motifs is 1. The molecule has 3 aromatic rings. The number of nitrogens with one attached hydrogen (secondary N) is 1. The zero-order valence-corrected chi connectivity index (χ0v) is 13.5. The van der Waals surface area contributed by atoms with Gasteiger partial charge in [0.25, 0.3) is 12.3 Å². The van der Waals surface area contributed by atoms with E-state index in [1.807, 2.05) is 25.1 Å². The van der Waals surface area contributed by atoms with E-state index in [2.05, 4.69) is 15.4 Å². The maximum absolute atomic E-state index is 13.0. The van der Waals surface area contributed by atoms with Crippen LogP contribution in [0.2, 0.25) is 0 Å². The first-order valence-electron chi connectivity index (χ1n) is 7.36. The first kappa shape index (κ1) is 16.0. The van der Waals surface area contributed by atoms with Crippen molar-refractivity contribution in [2.24, 2.45) is 7.05 Å². The van der Waals surface area contributed by atoms with Crippen LogP contribution in [0.1, 0.15) is 33.7 Å². The average molecular weight is 330 g/mol. The van der Waals surface area contributed by atoms with Gasteiger partial charge in [-0.05, 0) is 32.0 Å². The van der Waals surface area contributed by atoms with Gasteiger partial charge < -0.3 is 5.32 Å². The van der Waals surface area contributed by atoms with Crippen molar-refractivity contribution in [3.8, 4) is 0 Å². The Morgan fingerprint density at radius 2 is 2.00 bits per heavy atom. The highest BCUT2D eigenvalue weighted by Crippen LogP contribution is 2.27. The summed E-state index contributed by atoms with van der Waals surface area (Å²) in [5.74, 6) is -0.467. The summed E-state index contributed by atoms with van der Waals surface area (Å²) < 4.78 is 27.3. The van der Waals surface area contributed by atoms with Crippen LogP contribution >= 0.6 is 0 Å². The van der Waals surface area contributed by atoms with Crippen molar-refractivity contribution in [1.82, 2.24) is 14.8 Å². The van der Waals surface area contributed by atoms with E-state index >= 15 is 0 Å². The van der Waals surface area contributed by atoms with Gasteiger partial charge in [-0.25, -0.2) is 8.78 Å². The van der Waals surface area contributed by atoms with Gasteiger partial charge in [0.15, 0.2) is 5.69 Å². The third-order valence-corrected chi connectivity index (χ3v) is 3.65. The van der Waals surface area contributed by atoms with Crippen LogP contribution in [-0.4, -0.2) is 20.7 Å². The van der Waals surface area contributed by atoms with Crippen molar-refractivity contribution in [1.29, 1.82) is 0 Å². The monoisotopic (exact) mass is 330 g/mol. The maximum atomic E-state index is 13.0. The molecule has 7 heteroatoms. The molecule has 5 nitrogen and oxygen atoms in total. The molecule has 0 spiro atoms. The third-order valence-electron chi connectivity index (χ3n) is 3.65. The van der Waals surface area contributed by atoms with Crippen LogP contribution < -0.4 is 5.32 Å². The Hall–Kier alpha value is -2.83. The number of halogens is 2. The van der Waals surface area contributed by atoms with E-state index in [9.17, 15) is 13.6 Å². The topological polar surface area (TPSA) is 59.8 Å². The molecule has 0 radical (unpaired) electrons. The molecule has 1 amide bonds. The number of pyridine rings is 1. The van der Waals surface area contributed by atoms with Crippen molar-refractivity contribution in [3.63, 3.8) is 0 Å². The molecule has 24 heavy (non-hydrogen) atoms. The second kappa shape index (κ2) is 5.99. The van der Waals surface area contributed by atoms with Crippen LogP contribution in [0, 0.1) is 13.8 Å². The summed E-state index contributed by atoms with van der Waals surface area (Å²) in [6.07, 6.45) is -1.40. The number of hydrogen-bond acceptors (Lipinski definition) is 3. The number of carbonyl (C=O) groups is 1. The van der Waals surface area contributed by atoms with Gasteiger partial charge in [-0.1, -0.05) is 11.6 Å². The first-order valence-corrected chi connectivity index (χ1v) is 7.36. The summed E-state index contributed by atoms with van der Waals surface area (Å²) in [7, 11) is 1.52. The van der Waals surface area contributed by atoms with Gasteiger partial charge >= 0.3 is 0 Å². The van der Waals surface area contributed by atoms with E-state index in [1.165, 1.54) is 17.9 Å². The number of anilines is 1. The van der Waals surface area contributed by atoms with E-state index in [0.717, 1.165) is 5.56 Å². The summed E-state index contributed by atoms with van der Waals surface area (Å²) in [5.41, 5.74) is 2.30. The molecule has 0 fully saturated rings. The lowest BCUT2D eigenvalue weighted by Gasteiger charge is -2.09. The molecule has 1 aromatic carbocycles. The molecule has 0 saturated heterocycles. The fourth-order valence-corrected chi connectivity index (χ4v) is 2.61. The minimum Gasteiger partial charge on any atom is -0.319 e. The number of rotatable bonds is 3. The quantitative estimate of drug-likeness (QED) is 0.795. The molecule has 0 bridgehead atoms. The Morgan fingerprint density at radius 3 is 2.71 bits per heavy atom. The predicted molar refractivity (Wildman–Crippen MR) is 87.3 cm³/mol. The molecule has 2 aromatic heterocycles. The molecule has 0 aliphatic carbocycles. The lowest BCUT2D eigenvalue weighted by atomic mass is 10.0. The van der Waals surface area contributed by atoms with E-state index < -0.39 is 18.0 Å². The molecule has 124 valence electrons. The fraction of sp³-hybridized carbons (Fsp3) is 0.235. The largest absolute Gasteiger partial charge is 0.319 e.